The lowest BCUT2D eigenvalue weighted by Crippen LogP contribution is -2.07. The van der Waals surface area contributed by atoms with Crippen LogP contribution in [0, 0.1) is 0 Å². The van der Waals surface area contributed by atoms with Gasteiger partial charge < -0.3 is 14.1 Å². The zero-order valence-electron chi connectivity index (χ0n) is 11.8. The average molecular weight is 337 g/mol. The van der Waals surface area contributed by atoms with E-state index in [-0.39, 0.29) is 0 Å². The third kappa shape index (κ3) is 3.63. The van der Waals surface area contributed by atoms with Crippen LogP contribution < -0.4 is 9.64 Å². The normalized spacial score (nSPS) is 11.0. The summed E-state index contributed by atoms with van der Waals surface area (Å²) < 4.78 is 11.7. The lowest BCUT2D eigenvalue weighted by molar-refractivity contribution is 0.414. The van der Waals surface area contributed by atoms with Gasteiger partial charge in [0.15, 0.2) is 0 Å². The monoisotopic (exact) mass is 336 g/mol. The summed E-state index contributed by atoms with van der Waals surface area (Å²) in [5.41, 5.74) is 1.13. The van der Waals surface area contributed by atoms with Crippen molar-refractivity contribution in [2.75, 3.05) is 26.1 Å². The highest BCUT2D eigenvalue weighted by Gasteiger charge is 2.08. The van der Waals surface area contributed by atoms with E-state index in [9.17, 15) is 0 Å². The lowest BCUT2D eigenvalue weighted by Gasteiger charge is -2.07. The summed E-state index contributed by atoms with van der Waals surface area (Å²) in [4.78, 5) is 6.29. The molecule has 2 rings (SSSR count). The first-order chi connectivity index (χ1) is 9.60. The first kappa shape index (κ1) is 14.7. The molecule has 0 saturated carbocycles. The second kappa shape index (κ2) is 6.61. The van der Waals surface area contributed by atoms with Gasteiger partial charge in [0.25, 0.3) is 0 Å². The van der Waals surface area contributed by atoms with Crippen LogP contribution in [0.4, 0.5) is 5.88 Å². The fraction of sp³-hybridized carbons (Fsp3) is 0.267. The summed E-state index contributed by atoms with van der Waals surface area (Å²) in [6.45, 7) is 0.611. The van der Waals surface area contributed by atoms with Crippen LogP contribution in [0.2, 0.25) is 0 Å². The van der Waals surface area contributed by atoms with E-state index >= 15 is 0 Å². The summed E-state index contributed by atoms with van der Waals surface area (Å²) in [6, 6.07) is 9.77. The number of halogens is 1. The van der Waals surface area contributed by atoms with Crippen molar-refractivity contribution in [2.45, 2.75) is 6.54 Å². The zero-order valence-corrected chi connectivity index (χ0v) is 13.3. The summed E-state index contributed by atoms with van der Waals surface area (Å²) in [7, 11) is 5.52. The smallest absolute Gasteiger partial charge is 0.210 e. The van der Waals surface area contributed by atoms with Crippen LogP contribution in [0.15, 0.2) is 44.2 Å². The maximum Gasteiger partial charge on any atom is 0.210 e. The second-order valence-corrected chi connectivity index (χ2v) is 5.37. The second-order valence-electron chi connectivity index (χ2n) is 4.51. The molecule has 5 heteroatoms. The van der Waals surface area contributed by atoms with Gasteiger partial charge in [0.05, 0.1) is 24.3 Å². The Hall–Kier alpha value is -1.75. The molecule has 4 nitrogen and oxygen atoms in total. The van der Waals surface area contributed by atoms with Crippen molar-refractivity contribution in [3.63, 3.8) is 0 Å². The third-order valence-corrected chi connectivity index (χ3v) is 3.31. The molecule has 0 unspecified atom stereocenters. The van der Waals surface area contributed by atoms with Crippen LogP contribution in [0.5, 0.6) is 5.75 Å². The number of furan rings is 1. The van der Waals surface area contributed by atoms with Crippen molar-refractivity contribution in [3.05, 3.63) is 46.1 Å². The van der Waals surface area contributed by atoms with Crippen LogP contribution in [0.1, 0.15) is 11.3 Å². The molecule has 0 bridgehead atoms. The number of benzene rings is 1. The van der Waals surface area contributed by atoms with Gasteiger partial charge in [0.1, 0.15) is 11.5 Å². The minimum Gasteiger partial charge on any atom is -0.497 e. The van der Waals surface area contributed by atoms with Gasteiger partial charge >= 0.3 is 0 Å². The number of aliphatic imine (C=N–C) groups is 1. The van der Waals surface area contributed by atoms with E-state index in [0.717, 1.165) is 27.4 Å². The van der Waals surface area contributed by atoms with Crippen LogP contribution in [-0.2, 0) is 6.54 Å². The minimum absolute atomic E-state index is 0.611. The first-order valence-electron chi connectivity index (χ1n) is 6.19. The summed E-state index contributed by atoms with van der Waals surface area (Å²) >= 11 is 3.46. The van der Waals surface area contributed by atoms with Crippen molar-refractivity contribution in [1.29, 1.82) is 0 Å². The Morgan fingerprint density at radius 2 is 2.00 bits per heavy atom. The molecule has 0 aliphatic heterocycles. The SMILES string of the molecule is COc1ccc(CN=Cc2cc(Br)c(N(C)C)o2)cc1. The third-order valence-electron chi connectivity index (χ3n) is 2.75. The lowest BCUT2D eigenvalue weighted by atomic mass is 10.2. The highest BCUT2D eigenvalue weighted by Crippen LogP contribution is 2.27. The van der Waals surface area contributed by atoms with Gasteiger partial charge in [-0.3, -0.25) is 4.99 Å². The zero-order chi connectivity index (χ0) is 14.5. The molecule has 0 aliphatic rings. The molecule has 0 saturated heterocycles. The fourth-order valence-electron chi connectivity index (χ4n) is 1.72. The quantitative estimate of drug-likeness (QED) is 0.780. The first-order valence-corrected chi connectivity index (χ1v) is 6.99. The van der Waals surface area contributed by atoms with Crippen molar-refractivity contribution in [1.82, 2.24) is 0 Å². The molecular weight excluding hydrogens is 320 g/mol. The van der Waals surface area contributed by atoms with Crippen molar-refractivity contribution < 1.29 is 9.15 Å². The van der Waals surface area contributed by atoms with Gasteiger partial charge in [0.2, 0.25) is 5.88 Å². The molecule has 0 N–H and O–H groups in total. The van der Waals surface area contributed by atoms with E-state index in [2.05, 4.69) is 20.9 Å². The van der Waals surface area contributed by atoms with Crippen molar-refractivity contribution in [2.24, 2.45) is 4.99 Å². The van der Waals surface area contributed by atoms with Crippen LogP contribution >= 0.6 is 15.9 Å². The number of methoxy groups -OCH3 is 1. The highest BCUT2D eigenvalue weighted by atomic mass is 79.9. The van der Waals surface area contributed by atoms with E-state index in [1.54, 1.807) is 13.3 Å². The Balaban J connectivity index is 2.00. The predicted molar refractivity (Wildman–Crippen MR) is 85.0 cm³/mol. The number of hydrogen-bond donors (Lipinski definition) is 0. The maximum atomic E-state index is 5.66. The Labute approximate surface area is 127 Å². The van der Waals surface area contributed by atoms with Gasteiger partial charge in [-0.1, -0.05) is 12.1 Å². The summed E-state index contributed by atoms with van der Waals surface area (Å²) in [6.07, 6.45) is 1.74. The largest absolute Gasteiger partial charge is 0.497 e. The highest BCUT2D eigenvalue weighted by molar-refractivity contribution is 9.10. The molecule has 1 aromatic heterocycles. The van der Waals surface area contributed by atoms with E-state index in [4.69, 9.17) is 9.15 Å². The van der Waals surface area contributed by atoms with Gasteiger partial charge in [-0.25, -0.2) is 0 Å². The average Bonchev–Trinajstić information content (AvgIpc) is 2.81. The van der Waals surface area contributed by atoms with Crippen LogP contribution in [-0.4, -0.2) is 27.4 Å². The maximum absolute atomic E-state index is 5.66. The molecule has 1 heterocycles. The standard InChI is InChI=1S/C15H17BrN2O2/c1-18(2)15-14(16)8-13(20-15)10-17-9-11-4-6-12(19-3)7-5-11/h4-8,10H,9H2,1-3H3. The molecule has 1 aromatic carbocycles. The fourth-order valence-corrected chi connectivity index (χ4v) is 2.38. The van der Waals surface area contributed by atoms with Gasteiger partial charge in [-0.05, 0) is 33.6 Å². The summed E-state index contributed by atoms with van der Waals surface area (Å²) in [5, 5.41) is 0. The van der Waals surface area contributed by atoms with Crippen molar-refractivity contribution in [3.8, 4) is 5.75 Å². The predicted octanol–water partition coefficient (Wildman–Crippen LogP) is 3.74. The van der Waals surface area contributed by atoms with Crippen molar-refractivity contribution >= 4 is 28.0 Å². The molecule has 0 aliphatic carbocycles. The Morgan fingerprint density at radius 1 is 1.30 bits per heavy atom. The topological polar surface area (TPSA) is 38.0 Å². The molecular formula is C15H17BrN2O2. The molecule has 0 atom stereocenters. The Bertz CT molecular complexity index is 588. The number of ether oxygens (including phenoxy) is 1. The molecule has 20 heavy (non-hydrogen) atoms. The molecule has 0 fully saturated rings. The Kier molecular flexibility index (Phi) is 4.84. The molecule has 0 spiro atoms. The van der Waals surface area contributed by atoms with E-state index < -0.39 is 0 Å². The van der Waals surface area contributed by atoms with E-state index in [0.29, 0.717) is 6.54 Å². The molecule has 2 aromatic rings. The molecule has 0 amide bonds. The number of rotatable bonds is 5. The van der Waals surface area contributed by atoms with E-state index in [1.165, 1.54) is 0 Å². The van der Waals surface area contributed by atoms with Gasteiger partial charge in [0, 0.05) is 20.2 Å². The van der Waals surface area contributed by atoms with Crippen LogP contribution in [0.25, 0.3) is 0 Å². The minimum atomic E-state index is 0.611. The van der Waals surface area contributed by atoms with Gasteiger partial charge in [-0.2, -0.15) is 0 Å². The molecule has 106 valence electrons. The Morgan fingerprint density at radius 3 is 2.55 bits per heavy atom. The van der Waals surface area contributed by atoms with E-state index in [1.807, 2.05) is 49.3 Å². The molecule has 0 radical (unpaired) electrons. The summed E-state index contributed by atoms with van der Waals surface area (Å²) in [5.74, 6) is 2.37. The number of nitrogens with zero attached hydrogens (tertiary/aromatic N) is 2. The number of hydrogen-bond acceptors (Lipinski definition) is 4. The van der Waals surface area contributed by atoms with Crippen LogP contribution in [0.3, 0.4) is 0 Å². The number of anilines is 1. The van der Waals surface area contributed by atoms with Gasteiger partial charge in [-0.15, -0.1) is 0 Å².